The maximum absolute atomic E-state index is 13.0. The summed E-state index contributed by atoms with van der Waals surface area (Å²) in [5.41, 5.74) is 2.41. The lowest BCUT2D eigenvalue weighted by Crippen LogP contribution is -2.44. The summed E-state index contributed by atoms with van der Waals surface area (Å²) in [7, 11) is 0. The average molecular weight is 563 g/mol. The fourth-order valence-corrected chi connectivity index (χ4v) is 5.78. The lowest BCUT2D eigenvalue weighted by atomic mass is 10.2. The molecule has 2 aliphatic rings. The Morgan fingerprint density at radius 3 is 2.49 bits per heavy atom. The molecule has 0 atom stereocenters. The topological polar surface area (TPSA) is 110 Å². The van der Waals surface area contributed by atoms with E-state index in [9.17, 15) is 10.1 Å². The van der Waals surface area contributed by atoms with Crippen LogP contribution in [0, 0.1) is 18.3 Å². The van der Waals surface area contributed by atoms with Gasteiger partial charge in [0.2, 0.25) is 5.95 Å². The van der Waals surface area contributed by atoms with Crippen molar-refractivity contribution in [3.63, 3.8) is 0 Å². The number of hydrogen-bond donors (Lipinski definition) is 2. The van der Waals surface area contributed by atoms with Gasteiger partial charge in [0.25, 0.3) is 5.91 Å². The first-order valence-corrected chi connectivity index (χ1v) is 14.3. The number of para-hydroxylation sites is 1. The Morgan fingerprint density at radius 1 is 1.00 bits per heavy atom. The van der Waals surface area contributed by atoms with Crippen LogP contribution >= 0.6 is 24.2 Å². The molecule has 5 rings (SSSR count). The Morgan fingerprint density at radius 2 is 1.74 bits per heavy atom. The third-order valence-corrected chi connectivity index (χ3v) is 8.20. The number of rotatable bonds is 8. The van der Waals surface area contributed by atoms with Gasteiger partial charge >= 0.3 is 0 Å². The average Bonchev–Trinajstić information content (AvgIpc) is 2.98. The minimum absolute atomic E-state index is 0.207. The van der Waals surface area contributed by atoms with E-state index in [0.717, 1.165) is 68.6 Å². The first-order valence-electron chi connectivity index (χ1n) is 12.8. The van der Waals surface area contributed by atoms with Crippen molar-refractivity contribution >= 4 is 41.7 Å². The molecule has 0 unspecified atom stereocenters. The normalized spacial score (nSPS) is 16.5. The molecule has 1 aromatic heterocycles. The van der Waals surface area contributed by atoms with Crippen molar-refractivity contribution in [3.05, 3.63) is 71.5 Å². The Labute approximate surface area is 237 Å². The monoisotopic (exact) mass is 562 g/mol. The van der Waals surface area contributed by atoms with Crippen molar-refractivity contribution < 1.29 is 8.98 Å². The molecule has 2 aromatic carbocycles. The van der Waals surface area contributed by atoms with Crippen LogP contribution in [0.4, 0.5) is 11.6 Å². The van der Waals surface area contributed by atoms with E-state index < -0.39 is 0 Å². The van der Waals surface area contributed by atoms with Crippen LogP contribution < -0.4 is 19.7 Å². The number of nitrogens with one attached hydrogen (secondary N) is 2. The second-order valence-electron chi connectivity index (χ2n) is 9.13. The van der Waals surface area contributed by atoms with E-state index in [-0.39, 0.29) is 5.91 Å². The highest BCUT2D eigenvalue weighted by atomic mass is 32.2. The number of hydrogen-bond acceptors (Lipinski definition) is 11. The zero-order chi connectivity index (χ0) is 27.0. The van der Waals surface area contributed by atoms with Crippen LogP contribution in [0.5, 0.6) is 5.75 Å². The third-order valence-electron chi connectivity index (χ3n) is 6.27. The second kappa shape index (κ2) is 13.1. The maximum Gasteiger partial charge on any atom is 0.259 e. The summed E-state index contributed by atoms with van der Waals surface area (Å²) in [4.78, 5) is 25.1. The lowest BCUT2D eigenvalue weighted by molar-refractivity contribution is 0.102. The van der Waals surface area contributed by atoms with E-state index in [1.54, 1.807) is 24.1 Å². The number of amides is 1. The molecule has 2 aliphatic heterocycles. The summed E-state index contributed by atoms with van der Waals surface area (Å²) in [5, 5.41) is 15.5. The SMILES string of the molecule is Cc1cc(C#N)nc(N2CCN(Sc3ccc(NC(=O)c4ccccc4OSN4CCNCC4)cc3)CC2)n1. The van der Waals surface area contributed by atoms with Gasteiger partial charge < -0.3 is 19.7 Å². The van der Waals surface area contributed by atoms with Gasteiger partial charge in [0.1, 0.15) is 24.0 Å². The van der Waals surface area contributed by atoms with Crippen LogP contribution in [0.15, 0.2) is 59.5 Å². The molecule has 0 aliphatic carbocycles. The van der Waals surface area contributed by atoms with Crippen molar-refractivity contribution in [2.45, 2.75) is 11.8 Å². The molecule has 202 valence electrons. The Hall–Kier alpha value is -3.34. The molecular weight excluding hydrogens is 532 g/mol. The quantitative estimate of drug-likeness (QED) is 0.311. The molecule has 0 saturated carbocycles. The van der Waals surface area contributed by atoms with Gasteiger partial charge in [0.05, 0.1) is 5.56 Å². The Balaban J connectivity index is 1.12. The van der Waals surface area contributed by atoms with Crippen molar-refractivity contribution in [1.29, 1.82) is 5.26 Å². The minimum atomic E-state index is -0.207. The zero-order valence-corrected chi connectivity index (χ0v) is 23.3. The number of nitriles is 1. The number of aryl methyl sites for hydroxylation is 1. The van der Waals surface area contributed by atoms with E-state index in [4.69, 9.17) is 4.18 Å². The molecule has 2 saturated heterocycles. The van der Waals surface area contributed by atoms with Crippen LogP contribution in [0.2, 0.25) is 0 Å². The van der Waals surface area contributed by atoms with Gasteiger partial charge in [0, 0.05) is 68.6 Å². The highest BCUT2D eigenvalue weighted by molar-refractivity contribution is 7.97. The fraction of sp³-hybridized carbons (Fsp3) is 0.333. The number of carbonyl (C=O) groups is 1. The van der Waals surface area contributed by atoms with Gasteiger partial charge in [-0.2, -0.15) is 5.26 Å². The lowest BCUT2D eigenvalue weighted by Gasteiger charge is -2.33. The van der Waals surface area contributed by atoms with Crippen molar-refractivity contribution in [3.8, 4) is 11.8 Å². The summed E-state index contributed by atoms with van der Waals surface area (Å²) in [5.74, 6) is 0.955. The predicted molar refractivity (Wildman–Crippen MR) is 155 cm³/mol. The molecule has 0 radical (unpaired) electrons. The minimum Gasteiger partial charge on any atom is -0.409 e. The van der Waals surface area contributed by atoms with Crippen molar-refractivity contribution in [1.82, 2.24) is 23.9 Å². The molecule has 1 amide bonds. The molecule has 2 N–H and O–H groups in total. The summed E-state index contributed by atoms with van der Waals surface area (Å²) in [6, 6.07) is 19.0. The highest BCUT2D eigenvalue weighted by Crippen LogP contribution is 2.28. The molecular formula is C27H30N8O2S2. The first-order chi connectivity index (χ1) is 19.1. The molecule has 3 aromatic rings. The van der Waals surface area contributed by atoms with Crippen molar-refractivity contribution in [2.75, 3.05) is 62.6 Å². The van der Waals surface area contributed by atoms with Gasteiger partial charge in [-0.25, -0.2) is 18.6 Å². The largest absolute Gasteiger partial charge is 0.409 e. The van der Waals surface area contributed by atoms with Crippen LogP contribution in [0.25, 0.3) is 0 Å². The van der Waals surface area contributed by atoms with Crippen LogP contribution in [0.3, 0.4) is 0 Å². The number of carbonyl (C=O) groups excluding carboxylic acids is 1. The van der Waals surface area contributed by atoms with Gasteiger partial charge in [-0.05, 0) is 61.3 Å². The number of aromatic nitrogens is 2. The highest BCUT2D eigenvalue weighted by Gasteiger charge is 2.21. The van der Waals surface area contributed by atoms with Gasteiger partial charge in [-0.3, -0.25) is 4.79 Å². The molecule has 2 fully saturated rings. The summed E-state index contributed by atoms with van der Waals surface area (Å²) >= 11 is 2.98. The summed E-state index contributed by atoms with van der Waals surface area (Å²) in [6.45, 7) is 8.76. The van der Waals surface area contributed by atoms with Crippen LogP contribution in [-0.2, 0) is 0 Å². The molecule has 39 heavy (non-hydrogen) atoms. The van der Waals surface area contributed by atoms with Gasteiger partial charge in [-0.15, -0.1) is 0 Å². The number of nitrogens with zero attached hydrogens (tertiary/aromatic N) is 6. The van der Waals surface area contributed by atoms with Crippen LogP contribution in [-0.4, -0.2) is 76.8 Å². The third kappa shape index (κ3) is 7.40. The predicted octanol–water partition coefficient (Wildman–Crippen LogP) is 3.59. The van der Waals surface area contributed by atoms with E-state index >= 15 is 0 Å². The zero-order valence-electron chi connectivity index (χ0n) is 21.7. The molecule has 0 bridgehead atoms. The number of piperazine rings is 2. The maximum atomic E-state index is 13.0. The van der Waals surface area contributed by atoms with Crippen molar-refractivity contribution in [2.24, 2.45) is 0 Å². The smallest absolute Gasteiger partial charge is 0.259 e. The standard InChI is InChI=1S/C27H30N8O2S2/c1-20-18-22(19-28)32-27(30-20)33-14-16-34(17-15-33)38-23-8-6-21(7-9-23)31-26(36)24-4-2-3-5-25(24)37-39-35-12-10-29-11-13-35/h2-9,18,29H,10-17H2,1H3,(H,31,36). The summed E-state index contributed by atoms with van der Waals surface area (Å²) < 4.78 is 10.4. The fourth-order valence-electron chi connectivity index (χ4n) is 4.22. The van der Waals surface area contributed by atoms with E-state index in [2.05, 4.69) is 40.2 Å². The molecule has 12 heteroatoms. The molecule has 10 nitrogen and oxygen atoms in total. The van der Waals surface area contributed by atoms with Gasteiger partial charge in [-0.1, -0.05) is 12.1 Å². The molecule has 3 heterocycles. The Kier molecular flexibility index (Phi) is 9.18. The Bertz CT molecular complexity index is 1320. The van der Waals surface area contributed by atoms with Crippen LogP contribution in [0.1, 0.15) is 21.7 Å². The molecule has 0 spiro atoms. The van der Waals surface area contributed by atoms with E-state index in [1.165, 1.54) is 12.2 Å². The first kappa shape index (κ1) is 27.2. The van der Waals surface area contributed by atoms with E-state index in [0.29, 0.717) is 23.0 Å². The number of anilines is 2. The van der Waals surface area contributed by atoms with E-state index in [1.807, 2.05) is 49.4 Å². The number of benzene rings is 2. The second-order valence-corrected chi connectivity index (χ2v) is 11.1. The summed E-state index contributed by atoms with van der Waals surface area (Å²) in [6.07, 6.45) is 0. The van der Waals surface area contributed by atoms with Gasteiger partial charge in [0.15, 0.2) is 5.75 Å².